The summed E-state index contributed by atoms with van der Waals surface area (Å²) >= 11 is 6.22. The zero-order valence-corrected chi connectivity index (χ0v) is 14.6. The summed E-state index contributed by atoms with van der Waals surface area (Å²) in [6, 6.07) is 9.71. The van der Waals surface area contributed by atoms with Crippen molar-refractivity contribution in [2.75, 3.05) is 6.54 Å². The van der Waals surface area contributed by atoms with E-state index < -0.39 is 0 Å². The van der Waals surface area contributed by atoms with Crippen LogP contribution in [-0.2, 0) is 19.5 Å². The molecule has 0 saturated heterocycles. The third-order valence-electron chi connectivity index (χ3n) is 4.55. The number of nitrogens with one attached hydrogen (secondary N) is 1. The molecule has 0 spiro atoms. The van der Waals surface area contributed by atoms with Crippen LogP contribution >= 0.6 is 11.6 Å². The van der Waals surface area contributed by atoms with Crippen LogP contribution < -0.4 is 5.56 Å². The zero-order chi connectivity index (χ0) is 17.4. The SMILES string of the molecule is Cc1ccc(CN2CCc3c(nc(-c4ccco4)[nH]c3=O)C2)cc1Cl. The Bertz CT molecular complexity index is 963. The Morgan fingerprint density at radius 3 is 3.00 bits per heavy atom. The largest absolute Gasteiger partial charge is 0.461 e. The highest BCUT2D eigenvalue weighted by molar-refractivity contribution is 6.31. The average molecular weight is 356 g/mol. The molecule has 0 fully saturated rings. The number of nitrogens with zero attached hydrogens (tertiary/aromatic N) is 2. The summed E-state index contributed by atoms with van der Waals surface area (Å²) in [5.41, 5.74) is 3.75. The number of fused-ring (bicyclic) bond motifs is 1. The first kappa shape index (κ1) is 16.1. The Labute approximate surface area is 150 Å². The van der Waals surface area contributed by atoms with Crippen molar-refractivity contribution in [3.05, 3.63) is 74.4 Å². The maximum absolute atomic E-state index is 12.4. The molecule has 128 valence electrons. The Balaban J connectivity index is 1.59. The lowest BCUT2D eigenvalue weighted by atomic mass is 10.0. The van der Waals surface area contributed by atoms with Crippen molar-refractivity contribution in [3.8, 4) is 11.6 Å². The number of halogens is 1. The van der Waals surface area contributed by atoms with Gasteiger partial charge in [0.2, 0.25) is 0 Å². The molecule has 4 rings (SSSR count). The first-order valence-corrected chi connectivity index (χ1v) is 8.61. The van der Waals surface area contributed by atoms with Gasteiger partial charge in [-0.3, -0.25) is 9.69 Å². The minimum absolute atomic E-state index is 0.0746. The molecule has 5 nitrogen and oxygen atoms in total. The molecule has 0 amide bonds. The lowest BCUT2D eigenvalue weighted by Crippen LogP contribution is -2.35. The standard InChI is InChI=1S/C19H18ClN3O2/c1-12-4-5-13(9-15(12)20)10-23-7-6-14-16(11-23)21-18(22-19(14)24)17-3-2-8-25-17/h2-5,8-9H,6-7,10-11H2,1H3,(H,21,22,24). The van der Waals surface area contributed by atoms with Gasteiger partial charge < -0.3 is 9.40 Å². The highest BCUT2D eigenvalue weighted by atomic mass is 35.5. The van der Waals surface area contributed by atoms with Crippen LogP contribution in [0.1, 0.15) is 22.4 Å². The van der Waals surface area contributed by atoms with Crippen LogP contribution in [0.2, 0.25) is 5.02 Å². The van der Waals surface area contributed by atoms with Crippen molar-refractivity contribution in [1.29, 1.82) is 0 Å². The van der Waals surface area contributed by atoms with Crippen molar-refractivity contribution < 1.29 is 4.42 Å². The third-order valence-corrected chi connectivity index (χ3v) is 4.96. The van der Waals surface area contributed by atoms with Gasteiger partial charge in [-0.1, -0.05) is 23.7 Å². The Morgan fingerprint density at radius 1 is 1.36 bits per heavy atom. The highest BCUT2D eigenvalue weighted by Crippen LogP contribution is 2.22. The number of aromatic nitrogens is 2. The van der Waals surface area contributed by atoms with Gasteiger partial charge >= 0.3 is 0 Å². The summed E-state index contributed by atoms with van der Waals surface area (Å²) in [7, 11) is 0. The summed E-state index contributed by atoms with van der Waals surface area (Å²) in [6.07, 6.45) is 2.26. The van der Waals surface area contributed by atoms with E-state index in [0.29, 0.717) is 24.6 Å². The number of hydrogen-bond donors (Lipinski definition) is 1. The monoisotopic (exact) mass is 355 g/mol. The molecule has 3 aromatic rings. The number of H-pyrrole nitrogens is 1. The van der Waals surface area contributed by atoms with E-state index in [4.69, 9.17) is 16.0 Å². The first-order valence-electron chi connectivity index (χ1n) is 8.23. The molecule has 0 bridgehead atoms. The summed E-state index contributed by atoms with van der Waals surface area (Å²) in [5.74, 6) is 1.05. The van der Waals surface area contributed by atoms with Gasteiger partial charge in [-0.05, 0) is 42.7 Å². The minimum Gasteiger partial charge on any atom is -0.461 e. The smallest absolute Gasteiger partial charge is 0.254 e. The molecule has 0 radical (unpaired) electrons. The molecule has 1 aliphatic heterocycles. The fourth-order valence-electron chi connectivity index (χ4n) is 3.15. The summed E-state index contributed by atoms with van der Waals surface area (Å²) in [5, 5.41) is 0.782. The minimum atomic E-state index is -0.0746. The molecule has 0 unspecified atom stereocenters. The molecule has 1 N–H and O–H groups in total. The molecule has 1 aromatic carbocycles. The number of hydrogen-bond acceptors (Lipinski definition) is 4. The van der Waals surface area contributed by atoms with Crippen LogP contribution in [0.3, 0.4) is 0 Å². The lowest BCUT2D eigenvalue weighted by molar-refractivity contribution is 0.240. The van der Waals surface area contributed by atoms with Crippen molar-refractivity contribution in [1.82, 2.24) is 14.9 Å². The predicted octanol–water partition coefficient (Wildman–Crippen LogP) is 3.55. The fraction of sp³-hybridized carbons (Fsp3) is 0.263. The Hall–Kier alpha value is -2.37. The lowest BCUT2D eigenvalue weighted by Gasteiger charge is -2.27. The molecule has 2 aromatic heterocycles. The van der Waals surface area contributed by atoms with Gasteiger partial charge in [0, 0.05) is 30.2 Å². The van der Waals surface area contributed by atoms with E-state index in [-0.39, 0.29) is 5.56 Å². The molecule has 0 atom stereocenters. The number of furan rings is 1. The molecule has 0 aliphatic carbocycles. The topological polar surface area (TPSA) is 62.1 Å². The normalized spacial score (nSPS) is 14.5. The second-order valence-electron chi connectivity index (χ2n) is 6.36. The number of aromatic amines is 1. The first-order chi connectivity index (χ1) is 12.1. The second-order valence-corrected chi connectivity index (χ2v) is 6.77. The number of rotatable bonds is 3. The summed E-state index contributed by atoms with van der Waals surface area (Å²) in [4.78, 5) is 22.1. The van der Waals surface area contributed by atoms with Crippen LogP contribution in [0.4, 0.5) is 0 Å². The molecule has 25 heavy (non-hydrogen) atoms. The zero-order valence-electron chi connectivity index (χ0n) is 13.9. The highest BCUT2D eigenvalue weighted by Gasteiger charge is 2.22. The molecule has 6 heteroatoms. The van der Waals surface area contributed by atoms with Gasteiger partial charge in [0.1, 0.15) is 0 Å². The van der Waals surface area contributed by atoms with Gasteiger partial charge in [0.15, 0.2) is 11.6 Å². The van der Waals surface area contributed by atoms with E-state index in [2.05, 4.69) is 20.9 Å². The van der Waals surface area contributed by atoms with E-state index >= 15 is 0 Å². The van der Waals surface area contributed by atoms with Crippen LogP contribution in [0.15, 0.2) is 45.8 Å². The molecule has 3 heterocycles. The van der Waals surface area contributed by atoms with E-state index in [9.17, 15) is 4.79 Å². The van der Waals surface area contributed by atoms with Crippen LogP contribution in [-0.4, -0.2) is 21.4 Å². The van der Waals surface area contributed by atoms with Gasteiger partial charge in [0.25, 0.3) is 5.56 Å². The van der Waals surface area contributed by atoms with E-state index in [1.807, 2.05) is 19.1 Å². The maximum atomic E-state index is 12.4. The Kier molecular flexibility index (Phi) is 4.19. The molecule has 0 saturated carbocycles. The molecular weight excluding hydrogens is 338 g/mol. The van der Waals surface area contributed by atoms with E-state index in [0.717, 1.165) is 40.5 Å². The summed E-state index contributed by atoms with van der Waals surface area (Å²) in [6.45, 7) is 4.24. The number of aryl methyl sites for hydroxylation is 1. The predicted molar refractivity (Wildman–Crippen MR) is 96.6 cm³/mol. The molecular formula is C19H18ClN3O2. The fourth-order valence-corrected chi connectivity index (χ4v) is 3.35. The van der Waals surface area contributed by atoms with Crippen LogP contribution in [0.5, 0.6) is 0 Å². The van der Waals surface area contributed by atoms with Crippen LogP contribution in [0, 0.1) is 6.92 Å². The number of benzene rings is 1. The quantitative estimate of drug-likeness (QED) is 0.780. The average Bonchev–Trinajstić information content (AvgIpc) is 3.12. The second kappa shape index (κ2) is 6.50. The Morgan fingerprint density at radius 2 is 2.24 bits per heavy atom. The van der Waals surface area contributed by atoms with Crippen molar-refractivity contribution in [2.45, 2.75) is 26.4 Å². The van der Waals surface area contributed by atoms with Gasteiger partial charge in [-0.15, -0.1) is 0 Å². The molecule has 1 aliphatic rings. The van der Waals surface area contributed by atoms with Crippen molar-refractivity contribution in [3.63, 3.8) is 0 Å². The van der Waals surface area contributed by atoms with Gasteiger partial charge in [-0.2, -0.15) is 0 Å². The van der Waals surface area contributed by atoms with Gasteiger partial charge in [-0.25, -0.2) is 4.98 Å². The van der Waals surface area contributed by atoms with E-state index in [1.54, 1.807) is 18.4 Å². The van der Waals surface area contributed by atoms with Gasteiger partial charge in [0.05, 0.1) is 12.0 Å². The van der Waals surface area contributed by atoms with Crippen molar-refractivity contribution in [2.24, 2.45) is 0 Å². The maximum Gasteiger partial charge on any atom is 0.254 e. The third kappa shape index (κ3) is 3.25. The van der Waals surface area contributed by atoms with Crippen molar-refractivity contribution >= 4 is 11.6 Å². The van der Waals surface area contributed by atoms with E-state index in [1.165, 1.54) is 0 Å². The summed E-state index contributed by atoms with van der Waals surface area (Å²) < 4.78 is 5.35. The van der Waals surface area contributed by atoms with Crippen LogP contribution in [0.25, 0.3) is 11.6 Å².